The van der Waals surface area contributed by atoms with Crippen molar-refractivity contribution in [3.63, 3.8) is 0 Å². The number of halogens is 2. The number of nitrogens with one attached hydrogen (secondary N) is 1. The van der Waals surface area contributed by atoms with E-state index in [2.05, 4.69) is 12.2 Å². The lowest BCUT2D eigenvalue weighted by Crippen LogP contribution is -2.39. The monoisotopic (exact) mass is 484 g/mol. The van der Waals surface area contributed by atoms with Gasteiger partial charge < -0.3 is 10.1 Å². The molecule has 1 amide bonds. The molecule has 1 aliphatic heterocycles. The Balaban J connectivity index is 1.72. The summed E-state index contributed by atoms with van der Waals surface area (Å²) in [4.78, 5) is 12.8. The molecule has 1 heterocycles. The summed E-state index contributed by atoms with van der Waals surface area (Å²) in [5.74, 6) is 0.286. The lowest BCUT2D eigenvalue weighted by Gasteiger charge is -2.30. The molecule has 1 fully saturated rings. The molecule has 1 atom stereocenters. The van der Waals surface area contributed by atoms with Crippen LogP contribution in [0.5, 0.6) is 5.75 Å². The van der Waals surface area contributed by atoms with E-state index in [9.17, 15) is 13.2 Å². The first-order valence-electron chi connectivity index (χ1n) is 10.3. The number of carbonyl (C=O) groups excluding carboxylic acids is 1. The van der Waals surface area contributed by atoms with Crippen molar-refractivity contribution in [1.82, 2.24) is 4.31 Å². The quantitative estimate of drug-likeness (QED) is 0.566. The molecule has 1 aliphatic rings. The fourth-order valence-electron chi connectivity index (χ4n) is 3.46. The van der Waals surface area contributed by atoms with Crippen LogP contribution in [0.3, 0.4) is 0 Å². The minimum atomic E-state index is -3.54. The summed E-state index contributed by atoms with van der Waals surface area (Å²) in [6, 6.07) is 9.13. The molecule has 0 aliphatic carbocycles. The molecule has 2 aromatic rings. The Morgan fingerprint density at radius 3 is 2.42 bits per heavy atom. The third-order valence-electron chi connectivity index (χ3n) is 5.08. The zero-order chi connectivity index (χ0) is 22.6. The number of piperidine rings is 1. The second-order valence-corrected chi connectivity index (χ2v) is 10.5. The first-order valence-corrected chi connectivity index (χ1v) is 12.5. The Morgan fingerprint density at radius 2 is 1.84 bits per heavy atom. The van der Waals surface area contributed by atoms with Gasteiger partial charge in [-0.2, -0.15) is 4.31 Å². The number of ether oxygens (including phenoxy) is 1. The van der Waals surface area contributed by atoms with Crippen LogP contribution >= 0.6 is 23.2 Å². The summed E-state index contributed by atoms with van der Waals surface area (Å²) < 4.78 is 32.8. The van der Waals surface area contributed by atoms with Crippen LogP contribution in [0.2, 0.25) is 10.0 Å². The van der Waals surface area contributed by atoms with E-state index in [0.29, 0.717) is 37.1 Å². The number of benzene rings is 2. The Labute approximate surface area is 193 Å². The Hall–Kier alpha value is -1.80. The SMILES string of the molecule is CCCOc1c(Cl)cc(C(=O)Nc2ccc(S(=O)(=O)N3CCCC(C)C3)cc2)cc1Cl. The van der Waals surface area contributed by atoms with Gasteiger partial charge in [0.1, 0.15) is 0 Å². The normalized spacial score (nSPS) is 17.4. The first kappa shape index (κ1) is 23.9. The molecule has 2 aromatic carbocycles. The van der Waals surface area contributed by atoms with Crippen LogP contribution in [0.1, 0.15) is 43.5 Å². The molecule has 1 N–H and O–H groups in total. The van der Waals surface area contributed by atoms with Crippen molar-refractivity contribution in [2.75, 3.05) is 25.0 Å². The standard InChI is InChI=1S/C22H26Cl2N2O4S/c1-3-11-30-21-19(23)12-16(13-20(21)24)22(27)25-17-6-8-18(9-7-17)31(28,29)26-10-4-5-15(2)14-26/h6-9,12-13,15H,3-5,10-11,14H2,1-2H3,(H,25,27). The van der Waals surface area contributed by atoms with E-state index in [1.807, 2.05) is 6.92 Å². The maximum absolute atomic E-state index is 12.9. The second kappa shape index (κ2) is 10.2. The fourth-order valence-corrected chi connectivity index (χ4v) is 5.65. The number of carbonyl (C=O) groups is 1. The Morgan fingerprint density at radius 1 is 1.19 bits per heavy atom. The number of hydrogen-bond donors (Lipinski definition) is 1. The zero-order valence-corrected chi connectivity index (χ0v) is 19.9. The van der Waals surface area contributed by atoms with Crippen LogP contribution in [0.15, 0.2) is 41.3 Å². The summed E-state index contributed by atoms with van der Waals surface area (Å²) in [7, 11) is -3.54. The van der Waals surface area contributed by atoms with Gasteiger partial charge in [0, 0.05) is 24.3 Å². The average molecular weight is 485 g/mol. The van der Waals surface area contributed by atoms with Gasteiger partial charge in [0.2, 0.25) is 10.0 Å². The maximum atomic E-state index is 12.9. The number of sulfonamides is 1. The largest absolute Gasteiger partial charge is 0.490 e. The molecule has 0 saturated carbocycles. The van der Waals surface area contributed by atoms with E-state index in [1.54, 1.807) is 12.1 Å². The molecule has 1 saturated heterocycles. The highest BCUT2D eigenvalue weighted by atomic mass is 35.5. The summed E-state index contributed by atoms with van der Waals surface area (Å²) in [5, 5.41) is 3.24. The molecule has 9 heteroatoms. The van der Waals surface area contributed by atoms with E-state index < -0.39 is 15.9 Å². The highest BCUT2D eigenvalue weighted by molar-refractivity contribution is 7.89. The Kier molecular flexibility index (Phi) is 7.86. The molecule has 1 unspecified atom stereocenters. The van der Waals surface area contributed by atoms with Gasteiger partial charge in [0.05, 0.1) is 21.5 Å². The van der Waals surface area contributed by atoms with Gasteiger partial charge in [-0.05, 0) is 61.6 Å². The van der Waals surface area contributed by atoms with Gasteiger partial charge in [0.25, 0.3) is 5.91 Å². The number of nitrogens with zero attached hydrogens (tertiary/aromatic N) is 1. The number of hydrogen-bond acceptors (Lipinski definition) is 4. The van der Waals surface area contributed by atoms with Crippen LogP contribution in [0.4, 0.5) is 5.69 Å². The summed E-state index contributed by atoms with van der Waals surface area (Å²) in [5.41, 5.74) is 0.743. The van der Waals surface area contributed by atoms with E-state index in [1.165, 1.54) is 28.6 Å². The molecule has 3 rings (SSSR count). The van der Waals surface area contributed by atoms with Crippen LogP contribution in [-0.2, 0) is 10.0 Å². The molecule has 0 aromatic heterocycles. The lowest BCUT2D eigenvalue weighted by atomic mass is 10.0. The van der Waals surface area contributed by atoms with Gasteiger partial charge in [-0.1, -0.05) is 37.0 Å². The molecular weight excluding hydrogens is 459 g/mol. The number of amides is 1. The van der Waals surface area contributed by atoms with Gasteiger partial charge in [-0.3, -0.25) is 4.79 Å². The van der Waals surface area contributed by atoms with Crippen LogP contribution in [0.25, 0.3) is 0 Å². The van der Waals surface area contributed by atoms with E-state index in [-0.39, 0.29) is 20.5 Å². The van der Waals surface area contributed by atoms with Crippen molar-refractivity contribution in [2.45, 2.75) is 38.0 Å². The highest BCUT2D eigenvalue weighted by Gasteiger charge is 2.28. The molecular formula is C22H26Cl2N2O4S. The zero-order valence-electron chi connectivity index (χ0n) is 17.5. The van der Waals surface area contributed by atoms with Crippen molar-refractivity contribution >= 4 is 44.8 Å². The Bertz CT molecular complexity index is 1020. The predicted molar refractivity (Wildman–Crippen MR) is 124 cm³/mol. The molecule has 0 bridgehead atoms. The summed E-state index contributed by atoms with van der Waals surface area (Å²) in [6.07, 6.45) is 2.70. The van der Waals surface area contributed by atoms with Crippen LogP contribution < -0.4 is 10.1 Å². The summed E-state index contributed by atoms with van der Waals surface area (Å²) in [6.45, 7) is 5.55. The third-order valence-corrected chi connectivity index (χ3v) is 7.52. The minimum absolute atomic E-state index is 0.211. The highest BCUT2D eigenvalue weighted by Crippen LogP contribution is 2.34. The van der Waals surface area contributed by atoms with Crippen molar-refractivity contribution in [3.8, 4) is 5.75 Å². The second-order valence-electron chi connectivity index (χ2n) is 7.71. The van der Waals surface area contributed by atoms with Gasteiger partial charge in [-0.15, -0.1) is 0 Å². The van der Waals surface area contributed by atoms with Gasteiger partial charge in [-0.25, -0.2) is 8.42 Å². The summed E-state index contributed by atoms with van der Waals surface area (Å²) >= 11 is 12.4. The first-order chi connectivity index (χ1) is 14.7. The molecule has 31 heavy (non-hydrogen) atoms. The van der Waals surface area contributed by atoms with E-state index in [0.717, 1.165) is 19.3 Å². The van der Waals surface area contributed by atoms with E-state index in [4.69, 9.17) is 27.9 Å². The van der Waals surface area contributed by atoms with Crippen LogP contribution in [-0.4, -0.2) is 38.3 Å². The fraction of sp³-hybridized carbons (Fsp3) is 0.409. The number of rotatable bonds is 7. The minimum Gasteiger partial charge on any atom is -0.490 e. The predicted octanol–water partition coefficient (Wildman–Crippen LogP) is 5.46. The van der Waals surface area contributed by atoms with Gasteiger partial charge in [0.15, 0.2) is 5.75 Å². The average Bonchev–Trinajstić information content (AvgIpc) is 2.73. The molecule has 6 nitrogen and oxygen atoms in total. The molecule has 168 valence electrons. The lowest BCUT2D eigenvalue weighted by molar-refractivity contribution is 0.102. The molecule has 0 radical (unpaired) electrons. The van der Waals surface area contributed by atoms with Crippen molar-refractivity contribution in [2.24, 2.45) is 5.92 Å². The van der Waals surface area contributed by atoms with Crippen molar-refractivity contribution in [3.05, 3.63) is 52.0 Å². The van der Waals surface area contributed by atoms with Crippen molar-refractivity contribution in [1.29, 1.82) is 0 Å². The maximum Gasteiger partial charge on any atom is 0.255 e. The van der Waals surface area contributed by atoms with Crippen molar-refractivity contribution < 1.29 is 17.9 Å². The third kappa shape index (κ3) is 5.71. The van der Waals surface area contributed by atoms with E-state index >= 15 is 0 Å². The molecule has 0 spiro atoms. The van der Waals surface area contributed by atoms with Crippen LogP contribution in [0, 0.1) is 5.92 Å². The topological polar surface area (TPSA) is 75.7 Å². The van der Waals surface area contributed by atoms with Gasteiger partial charge >= 0.3 is 0 Å². The number of anilines is 1. The smallest absolute Gasteiger partial charge is 0.255 e.